The van der Waals surface area contributed by atoms with E-state index in [0.717, 1.165) is 28.1 Å². The zero-order chi connectivity index (χ0) is 21.8. The highest BCUT2D eigenvalue weighted by Gasteiger charge is 2.40. The number of aliphatic hydroxyl groups excluding tert-OH is 4. The van der Waals surface area contributed by atoms with Crippen LogP contribution in [-0.4, -0.2) is 67.8 Å². The van der Waals surface area contributed by atoms with Gasteiger partial charge in [0, 0.05) is 37.2 Å². The molecule has 2 aromatic carbocycles. The molecule has 7 nitrogen and oxygen atoms in total. The molecule has 7 heteroatoms. The number of benzene rings is 2. The van der Waals surface area contributed by atoms with E-state index in [2.05, 4.69) is 34.6 Å². The fourth-order valence-corrected chi connectivity index (χ4v) is 4.04. The second-order valence-corrected chi connectivity index (χ2v) is 8.06. The van der Waals surface area contributed by atoms with E-state index in [1.54, 1.807) is 4.90 Å². The van der Waals surface area contributed by atoms with Crippen molar-refractivity contribution in [1.29, 1.82) is 0 Å². The van der Waals surface area contributed by atoms with E-state index in [-0.39, 0.29) is 13.2 Å². The summed E-state index contributed by atoms with van der Waals surface area (Å²) in [6.45, 7) is 1.08. The number of H-pyrrole nitrogens is 1. The van der Waals surface area contributed by atoms with Crippen molar-refractivity contribution in [2.75, 3.05) is 18.5 Å². The van der Waals surface area contributed by atoms with E-state index in [1.807, 2.05) is 42.6 Å². The molecular weight excluding hydrogens is 394 g/mol. The lowest BCUT2D eigenvalue weighted by Gasteiger charge is -2.43. The third kappa shape index (κ3) is 4.98. The average Bonchev–Trinajstić information content (AvgIpc) is 3.33. The van der Waals surface area contributed by atoms with Crippen LogP contribution in [0.5, 0.6) is 0 Å². The van der Waals surface area contributed by atoms with Crippen LogP contribution < -0.4 is 5.32 Å². The van der Waals surface area contributed by atoms with E-state index in [4.69, 9.17) is 0 Å². The van der Waals surface area contributed by atoms with Gasteiger partial charge in [-0.05, 0) is 41.0 Å². The lowest BCUT2D eigenvalue weighted by molar-refractivity contribution is -0.147. The maximum absolute atomic E-state index is 10.1. The number of aromatic nitrogens is 1. The highest BCUT2D eigenvalue weighted by molar-refractivity contribution is 5.62. The minimum atomic E-state index is -1.24. The van der Waals surface area contributed by atoms with Crippen LogP contribution in [0.25, 0.3) is 11.3 Å². The molecule has 0 spiro atoms. The maximum atomic E-state index is 10.1. The first-order chi connectivity index (χ1) is 15.0. The number of likely N-dealkylation sites (tertiary alicyclic amines) is 1. The standard InChI is InChI=1S/C24H29N3O4/c28-15-21-23(30)24(31)22(29)14-27(21)13-17-5-3-16(4-6-17)12-26-19-9-7-18(8-10-19)20-2-1-11-25-20/h1-11,21-26,28-31H,12-15H2/t21-,22+,23-,24-/m1/s1. The highest BCUT2D eigenvalue weighted by atomic mass is 16.4. The molecule has 0 aliphatic carbocycles. The van der Waals surface area contributed by atoms with Gasteiger partial charge in [0.15, 0.2) is 0 Å². The highest BCUT2D eigenvalue weighted by Crippen LogP contribution is 2.22. The van der Waals surface area contributed by atoms with Crippen molar-refractivity contribution < 1.29 is 20.4 Å². The van der Waals surface area contributed by atoms with Crippen LogP contribution in [-0.2, 0) is 13.1 Å². The predicted octanol–water partition coefficient (Wildman–Crippen LogP) is 1.55. The molecule has 0 saturated carbocycles. The van der Waals surface area contributed by atoms with E-state index >= 15 is 0 Å². The summed E-state index contributed by atoms with van der Waals surface area (Å²) >= 11 is 0. The lowest BCUT2D eigenvalue weighted by Crippen LogP contribution is -2.62. The molecule has 1 aromatic heterocycles. The van der Waals surface area contributed by atoms with Crippen molar-refractivity contribution >= 4 is 5.69 Å². The summed E-state index contributed by atoms with van der Waals surface area (Å²) in [7, 11) is 0. The number of rotatable bonds is 7. The Hall–Kier alpha value is -2.68. The maximum Gasteiger partial charge on any atom is 0.109 e. The zero-order valence-electron chi connectivity index (χ0n) is 17.2. The second-order valence-electron chi connectivity index (χ2n) is 8.06. The number of aliphatic hydroxyl groups is 4. The number of nitrogens with zero attached hydrogens (tertiary/aromatic N) is 1. The Balaban J connectivity index is 1.33. The number of aromatic amines is 1. The van der Waals surface area contributed by atoms with E-state index < -0.39 is 24.4 Å². The number of nitrogens with one attached hydrogen (secondary N) is 2. The molecule has 1 saturated heterocycles. The SMILES string of the molecule is OC[C@@H]1[C@@H](O)[C@H](O)[C@@H](O)CN1Cc1ccc(CNc2ccc(-c3ccc[nH]3)cc2)cc1. The molecule has 2 heterocycles. The largest absolute Gasteiger partial charge is 0.395 e. The van der Waals surface area contributed by atoms with Crippen LogP contribution >= 0.6 is 0 Å². The third-order valence-corrected chi connectivity index (χ3v) is 5.92. The van der Waals surface area contributed by atoms with Gasteiger partial charge in [-0.25, -0.2) is 0 Å². The monoisotopic (exact) mass is 423 g/mol. The van der Waals surface area contributed by atoms with Crippen LogP contribution in [0.3, 0.4) is 0 Å². The molecule has 1 aliphatic rings. The first-order valence-electron chi connectivity index (χ1n) is 10.5. The normalized spacial score (nSPS) is 24.3. The molecule has 4 atom stereocenters. The Labute approximate surface area is 181 Å². The van der Waals surface area contributed by atoms with Gasteiger partial charge in [-0.3, -0.25) is 4.90 Å². The van der Waals surface area contributed by atoms with Crippen molar-refractivity contribution in [3.63, 3.8) is 0 Å². The number of hydrogen-bond donors (Lipinski definition) is 6. The summed E-state index contributed by atoms with van der Waals surface area (Å²) < 4.78 is 0. The molecule has 0 amide bonds. The van der Waals surface area contributed by atoms with Crippen LogP contribution in [0.2, 0.25) is 0 Å². The molecule has 0 bridgehead atoms. The molecule has 0 radical (unpaired) electrons. The molecule has 1 fully saturated rings. The number of anilines is 1. The molecule has 6 N–H and O–H groups in total. The summed E-state index contributed by atoms with van der Waals surface area (Å²) in [6.07, 6.45) is -1.54. The van der Waals surface area contributed by atoms with Gasteiger partial charge in [0.2, 0.25) is 0 Å². The van der Waals surface area contributed by atoms with E-state index in [9.17, 15) is 20.4 Å². The summed E-state index contributed by atoms with van der Waals surface area (Å²) in [5.41, 5.74) is 5.41. The molecule has 3 aromatic rings. The van der Waals surface area contributed by atoms with Gasteiger partial charge in [0.1, 0.15) is 12.2 Å². The Morgan fingerprint density at radius 2 is 1.61 bits per heavy atom. The summed E-state index contributed by atoms with van der Waals surface area (Å²) in [4.78, 5) is 5.01. The van der Waals surface area contributed by atoms with Crippen LogP contribution in [0.15, 0.2) is 66.9 Å². The Bertz CT molecular complexity index is 944. The Kier molecular flexibility index (Phi) is 6.70. The van der Waals surface area contributed by atoms with Gasteiger partial charge in [-0.2, -0.15) is 0 Å². The fourth-order valence-electron chi connectivity index (χ4n) is 4.04. The summed E-state index contributed by atoms with van der Waals surface area (Å²) in [6, 6.07) is 19.8. The van der Waals surface area contributed by atoms with Crippen LogP contribution in [0.4, 0.5) is 5.69 Å². The summed E-state index contributed by atoms with van der Waals surface area (Å²) in [5, 5.41) is 42.9. The zero-order valence-corrected chi connectivity index (χ0v) is 17.2. The van der Waals surface area contributed by atoms with E-state index in [0.29, 0.717) is 13.1 Å². The Morgan fingerprint density at radius 1 is 0.903 bits per heavy atom. The van der Waals surface area contributed by atoms with Crippen molar-refractivity contribution in [3.8, 4) is 11.3 Å². The number of piperidine rings is 1. The Morgan fingerprint density at radius 3 is 2.26 bits per heavy atom. The van der Waals surface area contributed by atoms with Gasteiger partial charge in [0.25, 0.3) is 0 Å². The van der Waals surface area contributed by atoms with Gasteiger partial charge in [-0.15, -0.1) is 0 Å². The van der Waals surface area contributed by atoms with Gasteiger partial charge in [0.05, 0.1) is 18.8 Å². The molecule has 1 aliphatic heterocycles. The first-order valence-corrected chi connectivity index (χ1v) is 10.5. The third-order valence-electron chi connectivity index (χ3n) is 5.92. The van der Waals surface area contributed by atoms with Gasteiger partial charge >= 0.3 is 0 Å². The molecule has 164 valence electrons. The first kappa shape index (κ1) is 21.5. The number of β-amino-alcohol motifs (C(OH)–C–C–N with tert-alkyl or cyclic N) is 1. The summed E-state index contributed by atoms with van der Waals surface area (Å²) in [5.74, 6) is 0. The number of hydrogen-bond acceptors (Lipinski definition) is 6. The second kappa shape index (κ2) is 9.64. The quantitative estimate of drug-likeness (QED) is 0.344. The van der Waals surface area contributed by atoms with Crippen LogP contribution in [0, 0.1) is 0 Å². The lowest BCUT2D eigenvalue weighted by atomic mass is 9.93. The minimum absolute atomic E-state index is 0.200. The fraction of sp³-hybridized carbons (Fsp3) is 0.333. The molecule has 31 heavy (non-hydrogen) atoms. The van der Waals surface area contributed by atoms with Crippen molar-refractivity contribution in [2.24, 2.45) is 0 Å². The van der Waals surface area contributed by atoms with Crippen molar-refractivity contribution in [3.05, 3.63) is 78.0 Å². The average molecular weight is 424 g/mol. The van der Waals surface area contributed by atoms with Gasteiger partial charge in [-0.1, -0.05) is 36.4 Å². The molecule has 4 rings (SSSR count). The van der Waals surface area contributed by atoms with E-state index in [1.165, 1.54) is 0 Å². The molecular formula is C24H29N3O4. The van der Waals surface area contributed by atoms with Gasteiger partial charge < -0.3 is 30.7 Å². The molecule has 0 unspecified atom stereocenters. The topological polar surface area (TPSA) is 112 Å². The predicted molar refractivity (Wildman–Crippen MR) is 119 cm³/mol. The van der Waals surface area contributed by atoms with Crippen LogP contribution in [0.1, 0.15) is 11.1 Å². The smallest absolute Gasteiger partial charge is 0.109 e. The van der Waals surface area contributed by atoms with Crippen molar-refractivity contribution in [2.45, 2.75) is 37.4 Å². The van der Waals surface area contributed by atoms with Crippen molar-refractivity contribution in [1.82, 2.24) is 9.88 Å². The minimum Gasteiger partial charge on any atom is -0.395 e.